The van der Waals surface area contributed by atoms with Gasteiger partial charge in [0.1, 0.15) is 11.5 Å². The van der Waals surface area contributed by atoms with Crippen LogP contribution in [0.2, 0.25) is 0 Å². The van der Waals surface area contributed by atoms with Crippen LogP contribution in [0.15, 0.2) is 0 Å². The van der Waals surface area contributed by atoms with Crippen molar-refractivity contribution in [3.05, 3.63) is 0 Å². The highest BCUT2D eigenvalue weighted by molar-refractivity contribution is 6.03. The number of methoxy groups -OCH3 is 2. The molecule has 0 rings (SSSR count). The van der Waals surface area contributed by atoms with Gasteiger partial charge in [-0.1, -0.05) is 13.8 Å². The van der Waals surface area contributed by atoms with Crippen LogP contribution >= 0.6 is 0 Å². The average Bonchev–Trinajstić information content (AvgIpc) is 2.29. The zero-order valence-corrected chi connectivity index (χ0v) is 10.1. The van der Waals surface area contributed by atoms with Gasteiger partial charge in [0.25, 0.3) is 0 Å². The monoisotopic (exact) mass is 216 g/mol. The lowest BCUT2D eigenvalue weighted by Crippen LogP contribution is -2.45. The summed E-state index contributed by atoms with van der Waals surface area (Å²) in [5.41, 5.74) is -0.854. The lowest BCUT2D eigenvalue weighted by atomic mass is 9.85. The Hall–Kier alpha value is -0.900. The van der Waals surface area contributed by atoms with Crippen LogP contribution in [0.25, 0.3) is 0 Å². The molecule has 4 heteroatoms. The van der Waals surface area contributed by atoms with Crippen molar-refractivity contribution < 1.29 is 19.1 Å². The smallest absolute Gasteiger partial charge is 0.316 e. The fourth-order valence-corrected chi connectivity index (χ4v) is 1.67. The molecule has 0 N–H and O–H groups in total. The Morgan fingerprint density at radius 1 is 1.20 bits per heavy atom. The zero-order valence-electron chi connectivity index (χ0n) is 10.1. The van der Waals surface area contributed by atoms with E-state index in [1.165, 1.54) is 14.2 Å². The van der Waals surface area contributed by atoms with Crippen LogP contribution < -0.4 is 0 Å². The highest BCUT2D eigenvalue weighted by atomic mass is 16.5. The number of rotatable bonds is 6. The minimum Gasteiger partial charge on any atom is -0.468 e. The molecule has 0 heterocycles. The predicted molar refractivity (Wildman–Crippen MR) is 56.5 cm³/mol. The molecule has 0 spiro atoms. The average molecular weight is 216 g/mol. The number of ketones is 1. The Labute approximate surface area is 90.9 Å². The minimum atomic E-state index is -0.854. The summed E-state index contributed by atoms with van der Waals surface area (Å²) < 4.78 is 9.80. The molecule has 0 bridgehead atoms. The maximum Gasteiger partial charge on any atom is 0.316 e. The van der Waals surface area contributed by atoms with Crippen molar-refractivity contribution in [2.75, 3.05) is 14.2 Å². The van der Waals surface area contributed by atoms with Gasteiger partial charge in [-0.05, 0) is 19.8 Å². The number of carbonyl (C=O) groups excluding carboxylic acids is 2. The molecule has 0 aliphatic carbocycles. The fraction of sp³-hybridized carbons (Fsp3) is 0.818. The summed E-state index contributed by atoms with van der Waals surface area (Å²) in [6.07, 6.45) is 1.11. The third-order valence-electron chi connectivity index (χ3n) is 2.93. The van der Waals surface area contributed by atoms with Crippen molar-refractivity contribution in [1.82, 2.24) is 0 Å². The third-order valence-corrected chi connectivity index (χ3v) is 2.93. The quantitative estimate of drug-likeness (QED) is 0.499. The van der Waals surface area contributed by atoms with Crippen molar-refractivity contribution in [1.29, 1.82) is 0 Å². The van der Waals surface area contributed by atoms with Gasteiger partial charge >= 0.3 is 5.97 Å². The van der Waals surface area contributed by atoms with E-state index < -0.39 is 17.5 Å². The molecule has 15 heavy (non-hydrogen) atoms. The largest absolute Gasteiger partial charge is 0.468 e. The van der Waals surface area contributed by atoms with Crippen LogP contribution in [0.3, 0.4) is 0 Å². The van der Waals surface area contributed by atoms with E-state index >= 15 is 0 Å². The van der Waals surface area contributed by atoms with Crippen molar-refractivity contribution >= 4 is 11.8 Å². The van der Waals surface area contributed by atoms with Gasteiger partial charge < -0.3 is 9.47 Å². The first-order chi connectivity index (χ1) is 6.98. The second-order valence-corrected chi connectivity index (χ2v) is 3.51. The summed E-state index contributed by atoms with van der Waals surface area (Å²) in [6.45, 7) is 5.29. The van der Waals surface area contributed by atoms with E-state index in [9.17, 15) is 9.59 Å². The summed E-state index contributed by atoms with van der Waals surface area (Å²) in [5.74, 6) is -1.49. The first-order valence-electron chi connectivity index (χ1n) is 5.16. The van der Waals surface area contributed by atoms with Gasteiger partial charge in [-0.3, -0.25) is 9.59 Å². The molecule has 0 aromatic carbocycles. The minimum absolute atomic E-state index is 0.207. The van der Waals surface area contributed by atoms with Crippen LogP contribution in [-0.2, 0) is 19.1 Å². The van der Waals surface area contributed by atoms with Crippen LogP contribution in [0.4, 0.5) is 0 Å². The standard InChI is InChI=1S/C11H20O4/c1-6-11(7-2,15-5)9(12)8(3)10(13)14-4/h8H,6-7H2,1-5H3. The maximum absolute atomic E-state index is 12.0. The molecule has 88 valence electrons. The number of esters is 1. The van der Waals surface area contributed by atoms with Crippen molar-refractivity contribution in [2.24, 2.45) is 5.92 Å². The Bertz CT molecular complexity index is 222. The van der Waals surface area contributed by atoms with Crippen molar-refractivity contribution in [3.63, 3.8) is 0 Å². The first-order valence-corrected chi connectivity index (χ1v) is 5.16. The van der Waals surface area contributed by atoms with Gasteiger partial charge in [0.2, 0.25) is 0 Å². The van der Waals surface area contributed by atoms with Gasteiger partial charge in [-0.2, -0.15) is 0 Å². The third kappa shape index (κ3) is 2.78. The molecule has 0 saturated carbocycles. The molecule has 0 fully saturated rings. The van der Waals surface area contributed by atoms with Crippen molar-refractivity contribution in [3.8, 4) is 0 Å². The molecule has 4 nitrogen and oxygen atoms in total. The van der Waals surface area contributed by atoms with Gasteiger partial charge in [0, 0.05) is 7.11 Å². The highest BCUT2D eigenvalue weighted by Crippen LogP contribution is 2.25. The normalized spacial score (nSPS) is 13.4. The summed E-state index contributed by atoms with van der Waals surface area (Å²) in [7, 11) is 2.77. The molecule has 0 radical (unpaired) electrons. The van der Waals surface area contributed by atoms with E-state index in [-0.39, 0.29) is 5.78 Å². The molecule has 0 saturated heterocycles. The molecule has 1 unspecified atom stereocenters. The molecule has 1 atom stereocenters. The number of Topliss-reactive ketones (excluding diaryl/α,β-unsaturated/α-hetero) is 1. The van der Waals surface area contributed by atoms with Gasteiger partial charge in [0.05, 0.1) is 7.11 Å². The van der Waals surface area contributed by atoms with E-state index in [0.717, 1.165) is 0 Å². The summed E-state index contributed by atoms with van der Waals surface area (Å²) in [5, 5.41) is 0. The van der Waals surface area contributed by atoms with E-state index in [2.05, 4.69) is 4.74 Å². The number of carbonyl (C=O) groups is 2. The molecule has 0 amide bonds. The summed E-state index contributed by atoms with van der Waals surface area (Å²) >= 11 is 0. The summed E-state index contributed by atoms with van der Waals surface area (Å²) in [4.78, 5) is 23.3. The second kappa shape index (κ2) is 5.85. The van der Waals surface area contributed by atoms with Crippen LogP contribution in [-0.4, -0.2) is 31.6 Å². The second-order valence-electron chi connectivity index (χ2n) is 3.51. The van der Waals surface area contributed by atoms with Crippen LogP contribution in [0.5, 0.6) is 0 Å². The summed E-state index contributed by atoms with van der Waals surface area (Å²) in [6, 6.07) is 0. The number of hydrogen-bond donors (Lipinski definition) is 0. The van der Waals surface area contributed by atoms with E-state index in [4.69, 9.17) is 4.74 Å². The zero-order chi connectivity index (χ0) is 12.1. The van der Waals surface area contributed by atoms with Crippen LogP contribution in [0.1, 0.15) is 33.6 Å². The Morgan fingerprint density at radius 2 is 1.67 bits per heavy atom. The van der Waals surface area contributed by atoms with Gasteiger partial charge in [-0.25, -0.2) is 0 Å². The topological polar surface area (TPSA) is 52.6 Å². The Balaban J connectivity index is 4.86. The number of hydrogen-bond acceptors (Lipinski definition) is 4. The Morgan fingerprint density at radius 3 is 1.93 bits per heavy atom. The molecule has 0 aromatic rings. The predicted octanol–water partition coefficient (Wildman–Crippen LogP) is 1.57. The van der Waals surface area contributed by atoms with E-state index in [1.54, 1.807) is 6.92 Å². The van der Waals surface area contributed by atoms with Gasteiger partial charge in [-0.15, -0.1) is 0 Å². The SMILES string of the molecule is CCC(CC)(OC)C(=O)C(C)C(=O)OC. The molecule has 0 aromatic heterocycles. The fourth-order valence-electron chi connectivity index (χ4n) is 1.67. The van der Waals surface area contributed by atoms with Gasteiger partial charge in [0.15, 0.2) is 5.78 Å². The van der Waals surface area contributed by atoms with Crippen molar-refractivity contribution in [2.45, 2.75) is 39.2 Å². The molecular formula is C11H20O4. The molecule has 0 aliphatic heterocycles. The molecular weight excluding hydrogens is 196 g/mol. The highest BCUT2D eigenvalue weighted by Gasteiger charge is 2.40. The Kier molecular flexibility index (Phi) is 5.50. The first kappa shape index (κ1) is 14.1. The molecule has 0 aliphatic rings. The van der Waals surface area contributed by atoms with E-state index in [1.807, 2.05) is 13.8 Å². The van der Waals surface area contributed by atoms with Crippen LogP contribution in [0, 0.1) is 5.92 Å². The lowest BCUT2D eigenvalue weighted by Gasteiger charge is -2.30. The maximum atomic E-state index is 12.0. The number of ether oxygens (including phenoxy) is 2. The van der Waals surface area contributed by atoms with E-state index in [0.29, 0.717) is 12.8 Å². The lowest BCUT2D eigenvalue weighted by molar-refractivity contribution is -0.158.